The molecule has 66 valence electrons. The Bertz CT molecular complexity index is 324. The molecule has 0 aliphatic rings. The number of aromatic nitrogens is 1. The van der Waals surface area contributed by atoms with Gasteiger partial charge in [0.05, 0.1) is 6.21 Å². The summed E-state index contributed by atoms with van der Waals surface area (Å²) >= 11 is 0. The van der Waals surface area contributed by atoms with E-state index < -0.39 is 0 Å². The lowest BCUT2D eigenvalue weighted by atomic mass is 10.3. The van der Waals surface area contributed by atoms with E-state index in [1.54, 1.807) is 18.3 Å². The number of nitrogens with two attached hydrogens (primary N) is 1. The smallest absolute Gasteiger partial charge is 0.177 e. The number of pyridine rings is 1. The van der Waals surface area contributed by atoms with Crippen LogP contribution in [0.5, 0.6) is 0 Å². The summed E-state index contributed by atoms with van der Waals surface area (Å²) in [6.07, 6.45) is 8.06. The van der Waals surface area contributed by atoms with Crippen molar-refractivity contribution in [2.75, 3.05) is 12.3 Å². The minimum Gasteiger partial charge on any atom is -0.384 e. The van der Waals surface area contributed by atoms with E-state index in [1.807, 2.05) is 0 Å². The van der Waals surface area contributed by atoms with Gasteiger partial charge in [0, 0.05) is 11.8 Å². The Kier molecular flexibility index (Phi) is 3.33. The second kappa shape index (κ2) is 4.78. The van der Waals surface area contributed by atoms with Gasteiger partial charge in [-0.15, -0.1) is 6.42 Å². The fraction of sp³-hybridized carbons (Fsp3) is 0.111. The highest BCUT2D eigenvalue weighted by Crippen LogP contribution is 1.97. The zero-order valence-electron chi connectivity index (χ0n) is 6.97. The summed E-state index contributed by atoms with van der Waals surface area (Å²) < 4.78 is 0. The Labute approximate surface area is 76.4 Å². The van der Waals surface area contributed by atoms with Crippen molar-refractivity contribution in [3.63, 3.8) is 0 Å². The maximum Gasteiger partial charge on any atom is 0.177 e. The molecule has 0 saturated carbocycles. The first-order valence-corrected chi connectivity index (χ1v) is 3.63. The van der Waals surface area contributed by atoms with Crippen molar-refractivity contribution >= 4 is 12.0 Å². The largest absolute Gasteiger partial charge is 0.384 e. The van der Waals surface area contributed by atoms with Gasteiger partial charge in [0.25, 0.3) is 0 Å². The molecule has 1 aromatic heterocycles. The van der Waals surface area contributed by atoms with E-state index >= 15 is 0 Å². The summed E-state index contributed by atoms with van der Waals surface area (Å²) in [5.74, 6) is 2.77. The van der Waals surface area contributed by atoms with Gasteiger partial charge in [-0.3, -0.25) is 0 Å². The van der Waals surface area contributed by atoms with Gasteiger partial charge in [-0.25, -0.2) is 4.98 Å². The SMILES string of the molecule is C#CCO/N=C/c1ccc(N)nc1. The number of hydrogen-bond acceptors (Lipinski definition) is 4. The highest BCUT2D eigenvalue weighted by Gasteiger charge is 1.87. The minimum atomic E-state index is 0.166. The predicted molar refractivity (Wildman–Crippen MR) is 51.0 cm³/mol. The van der Waals surface area contributed by atoms with E-state index in [9.17, 15) is 0 Å². The standard InChI is InChI=1S/C9H9N3O/c1-2-5-13-12-7-8-3-4-9(10)11-6-8/h1,3-4,6-7H,5H2,(H2,10,11)/b12-7+. The number of terminal acetylenes is 1. The van der Waals surface area contributed by atoms with Crippen LogP contribution in [0.2, 0.25) is 0 Å². The van der Waals surface area contributed by atoms with Crippen LogP contribution in [-0.4, -0.2) is 17.8 Å². The van der Waals surface area contributed by atoms with Crippen molar-refractivity contribution < 1.29 is 4.84 Å². The first kappa shape index (κ1) is 9.07. The molecule has 0 bridgehead atoms. The first-order valence-electron chi connectivity index (χ1n) is 3.63. The average Bonchev–Trinajstić information content (AvgIpc) is 2.15. The van der Waals surface area contributed by atoms with Crippen LogP contribution in [0.4, 0.5) is 5.82 Å². The maximum atomic E-state index is 5.39. The summed E-state index contributed by atoms with van der Waals surface area (Å²) in [7, 11) is 0. The van der Waals surface area contributed by atoms with Crippen LogP contribution in [0.1, 0.15) is 5.56 Å². The van der Waals surface area contributed by atoms with Gasteiger partial charge in [-0.05, 0) is 12.1 Å². The molecule has 1 rings (SSSR count). The average molecular weight is 175 g/mol. The molecule has 1 aromatic rings. The molecule has 0 aliphatic heterocycles. The van der Waals surface area contributed by atoms with Gasteiger partial charge in [-0.2, -0.15) is 0 Å². The van der Waals surface area contributed by atoms with Crippen molar-refractivity contribution in [3.05, 3.63) is 23.9 Å². The minimum absolute atomic E-state index is 0.166. The fourth-order valence-corrected chi connectivity index (χ4v) is 0.666. The van der Waals surface area contributed by atoms with Crippen molar-refractivity contribution in [1.82, 2.24) is 4.98 Å². The molecule has 0 aromatic carbocycles. The fourth-order valence-electron chi connectivity index (χ4n) is 0.666. The third-order valence-electron chi connectivity index (χ3n) is 1.23. The van der Waals surface area contributed by atoms with Crippen molar-refractivity contribution in [2.24, 2.45) is 5.16 Å². The predicted octanol–water partition coefficient (Wildman–Crippen LogP) is 0.647. The van der Waals surface area contributed by atoms with E-state index in [4.69, 9.17) is 17.0 Å². The molecule has 0 spiro atoms. The lowest BCUT2D eigenvalue weighted by Crippen LogP contribution is -1.91. The lowest BCUT2D eigenvalue weighted by Gasteiger charge is -1.93. The lowest BCUT2D eigenvalue weighted by molar-refractivity contribution is 0.181. The van der Waals surface area contributed by atoms with Crippen molar-refractivity contribution in [3.8, 4) is 12.3 Å². The van der Waals surface area contributed by atoms with Gasteiger partial charge in [0.1, 0.15) is 5.82 Å². The van der Waals surface area contributed by atoms with E-state index in [-0.39, 0.29) is 6.61 Å². The van der Waals surface area contributed by atoms with Crippen LogP contribution in [0.3, 0.4) is 0 Å². The van der Waals surface area contributed by atoms with E-state index in [0.29, 0.717) is 5.82 Å². The summed E-state index contributed by atoms with van der Waals surface area (Å²) in [4.78, 5) is 8.56. The van der Waals surface area contributed by atoms with Gasteiger partial charge < -0.3 is 10.6 Å². The summed E-state index contributed by atoms with van der Waals surface area (Å²) in [5.41, 5.74) is 6.20. The number of hydrogen-bond donors (Lipinski definition) is 1. The van der Waals surface area contributed by atoms with Crippen molar-refractivity contribution in [1.29, 1.82) is 0 Å². The van der Waals surface area contributed by atoms with Crippen LogP contribution in [0.25, 0.3) is 0 Å². The summed E-state index contributed by atoms with van der Waals surface area (Å²) in [5, 5.41) is 3.61. The quantitative estimate of drug-likeness (QED) is 0.317. The maximum absolute atomic E-state index is 5.39. The van der Waals surface area contributed by atoms with Crippen LogP contribution in [0.15, 0.2) is 23.5 Å². The molecule has 0 saturated heterocycles. The molecule has 2 N–H and O–H groups in total. The zero-order chi connectivity index (χ0) is 9.52. The van der Waals surface area contributed by atoms with Crippen LogP contribution < -0.4 is 5.73 Å². The highest BCUT2D eigenvalue weighted by atomic mass is 16.6. The van der Waals surface area contributed by atoms with Crippen molar-refractivity contribution in [2.45, 2.75) is 0 Å². The summed E-state index contributed by atoms with van der Waals surface area (Å²) in [6, 6.07) is 3.47. The second-order valence-electron chi connectivity index (χ2n) is 2.23. The third-order valence-corrected chi connectivity index (χ3v) is 1.23. The molecule has 0 fully saturated rings. The Morgan fingerprint density at radius 3 is 3.15 bits per heavy atom. The Morgan fingerprint density at radius 2 is 2.54 bits per heavy atom. The third kappa shape index (κ3) is 3.25. The summed E-state index contributed by atoms with van der Waals surface area (Å²) in [6.45, 7) is 0.166. The Morgan fingerprint density at radius 1 is 1.69 bits per heavy atom. The Balaban J connectivity index is 2.50. The monoisotopic (exact) mass is 175 g/mol. The molecule has 4 heteroatoms. The molecule has 1 heterocycles. The van der Waals surface area contributed by atoms with E-state index in [1.165, 1.54) is 6.21 Å². The van der Waals surface area contributed by atoms with Crippen LogP contribution in [-0.2, 0) is 4.84 Å². The number of anilines is 1. The van der Waals surface area contributed by atoms with Gasteiger partial charge >= 0.3 is 0 Å². The molecule has 0 radical (unpaired) electrons. The second-order valence-corrected chi connectivity index (χ2v) is 2.23. The molecular formula is C9H9N3O. The molecule has 0 amide bonds. The van der Waals surface area contributed by atoms with Gasteiger partial charge in [0.2, 0.25) is 0 Å². The topological polar surface area (TPSA) is 60.5 Å². The van der Waals surface area contributed by atoms with E-state index in [2.05, 4.69) is 16.1 Å². The highest BCUT2D eigenvalue weighted by molar-refractivity contribution is 5.78. The zero-order valence-corrected chi connectivity index (χ0v) is 6.97. The van der Waals surface area contributed by atoms with Gasteiger partial charge in [0.15, 0.2) is 6.61 Å². The molecule has 4 nitrogen and oxygen atoms in total. The van der Waals surface area contributed by atoms with Crippen LogP contribution >= 0.6 is 0 Å². The number of oxime groups is 1. The number of nitrogens with zero attached hydrogens (tertiary/aromatic N) is 2. The normalized spacial score (nSPS) is 9.77. The van der Waals surface area contributed by atoms with E-state index in [0.717, 1.165) is 5.56 Å². The first-order chi connectivity index (χ1) is 6.33. The molecule has 0 atom stereocenters. The molecular weight excluding hydrogens is 166 g/mol. The van der Waals surface area contributed by atoms with Crippen LogP contribution in [0, 0.1) is 12.3 Å². The molecule has 0 aliphatic carbocycles. The Hall–Kier alpha value is -2.02. The molecule has 13 heavy (non-hydrogen) atoms. The number of nitrogen functional groups attached to an aromatic ring is 1. The number of rotatable bonds is 3. The molecule has 0 unspecified atom stereocenters. The van der Waals surface area contributed by atoms with Gasteiger partial charge in [-0.1, -0.05) is 11.1 Å².